The van der Waals surface area contributed by atoms with E-state index in [9.17, 15) is 0 Å². The van der Waals surface area contributed by atoms with Crippen LogP contribution in [0.1, 0.15) is 32.3 Å². The zero-order valence-corrected chi connectivity index (χ0v) is 11.8. The van der Waals surface area contributed by atoms with E-state index in [2.05, 4.69) is 43.1 Å². The first-order valence-electron chi connectivity index (χ1n) is 6.65. The van der Waals surface area contributed by atoms with E-state index in [-0.39, 0.29) is 0 Å². The Balaban J connectivity index is 2.35. The predicted octanol–water partition coefficient (Wildman–Crippen LogP) is 3.57. The zero-order chi connectivity index (χ0) is 13.4. The van der Waals surface area contributed by atoms with Gasteiger partial charge in [-0.25, -0.2) is 0 Å². The van der Waals surface area contributed by atoms with Crippen LogP contribution in [0.2, 0.25) is 0 Å². The van der Waals surface area contributed by atoms with Crippen LogP contribution in [-0.4, -0.2) is 19.7 Å². The van der Waals surface area contributed by atoms with Gasteiger partial charge in [-0.15, -0.1) is 6.58 Å². The molecule has 100 valence electrons. The lowest BCUT2D eigenvalue weighted by Crippen LogP contribution is -2.21. The third kappa shape index (κ3) is 5.87. The average molecular weight is 247 g/mol. The second-order valence-electron chi connectivity index (χ2n) is 4.93. The van der Waals surface area contributed by atoms with Crippen molar-refractivity contribution in [3.8, 4) is 5.75 Å². The van der Waals surface area contributed by atoms with Crippen molar-refractivity contribution < 1.29 is 4.74 Å². The SMILES string of the molecule is C=C(C)CCOc1ccc(CCC(C)NC)cc1. The van der Waals surface area contributed by atoms with Crippen molar-refractivity contribution in [1.82, 2.24) is 5.32 Å². The standard InChI is InChI=1S/C16H25NO/c1-13(2)11-12-18-16-9-7-15(8-10-16)6-5-14(3)17-4/h7-10,14,17H,1,5-6,11-12H2,2-4H3. The van der Waals surface area contributed by atoms with E-state index in [0.717, 1.165) is 30.6 Å². The summed E-state index contributed by atoms with van der Waals surface area (Å²) < 4.78 is 5.65. The van der Waals surface area contributed by atoms with Crippen molar-refractivity contribution in [1.29, 1.82) is 0 Å². The Morgan fingerprint density at radius 2 is 2.00 bits per heavy atom. The number of hydrogen-bond acceptors (Lipinski definition) is 2. The summed E-state index contributed by atoms with van der Waals surface area (Å²) in [6.45, 7) is 8.80. The van der Waals surface area contributed by atoms with Gasteiger partial charge in [0, 0.05) is 12.5 Å². The number of ether oxygens (including phenoxy) is 1. The van der Waals surface area contributed by atoms with Crippen molar-refractivity contribution >= 4 is 0 Å². The monoisotopic (exact) mass is 247 g/mol. The van der Waals surface area contributed by atoms with Crippen LogP contribution < -0.4 is 10.1 Å². The van der Waals surface area contributed by atoms with Gasteiger partial charge in [0.1, 0.15) is 5.75 Å². The highest BCUT2D eigenvalue weighted by molar-refractivity contribution is 5.27. The molecule has 0 aromatic heterocycles. The van der Waals surface area contributed by atoms with Crippen LogP contribution in [0.3, 0.4) is 0 Å². The van der Waals surface area contributed by atoms with Crippen LogP contribution in [0.4, 0.5) is 0 Å². The first kappa shape index (κ1) is 14.8. The molecule has 0 radical (unpaired) electrons. The Kier molecular flexibility index (Phi) is 6.51. The normalized spacial score (nSPS) is 12.2. The highest BCUT2D eigenvalue weighted by Crippen LogP contribution is 2.14. The Morgan fingerprint density at radius 1 is 1.33 bits per heavy atom. The Labute approximate surface area is 111 Å². The van der Waals surface area contributed by atoms with Crippen molar-refractivity contribution in [2.45, 2.75) is 39.2 Å². The summed E-state index contributed by atoms with van der Waals surface area (Å²) in [5.41, 5.74) is 2.53. The van der Waals surface area contributed by atoms with E-state index in [4.69, 9.17) is 4.74 Å². The molecule has 0 heterocycles. The summed E-state index contributed by atoms with van der Waals surface area (Å²) in [5, 5.41) is 3.25. The first-order valence-corrected chi connectivity index (χ1v) is 6.65. The van der Waals surface area contributed by atoms with Gasteiger partial charge < -0.3 is 10.1 Å². The molecule has 1 aromatic carbocycles. The lowest BCUT2D eigenvalue weighted by molar-refractivity contribution is 0.321. The summed E-state index contributed by atoms with van der Waals surface area (Å²) in [6.07, 6.45) is 3.18. The van der Waals surface area contributed by atoms with Gasteiger partial charge in [0.2, 0.25) is 0 Å². The molecule has 0 aliphatic carbocycles. The molecule has 1 unspecified atom stereocenters. The largest absolute Gasteiger partial charge is 0.493 e. The molecule has 2 nitrogen and oxygen atoms in total. The number of hydrogen-bond donors (Lipinski definition) is 1. The van der Waals surface area contributed by atoms with Crippen LogP contribution in [0, 0.1) is 0 Å². The van der Waals surface area contributed by atoms with Crippen LogP contribution in [0.5, 0.6) is 5.75 Å². The number of aryl methyl sites for hydroxylation is 1. The molecule has 1 rings (SSSR count). The Hall–Kier alpha value is -1.28. The summed E-state index contributed by atoms with van der Waals surface area (Å²) >= 11 is 0. The predicted molar refractivity (Wildman–Crippen MR) is 78.2 cm³/mol. The third-order valence-corrected chi connectivity index (χ3v) is 3.08. The molecule has 0 aliphatic heterocycles. The van der Waals surface area contributed by atoms with Crippen LogP contribution in [0.15, 0.2) is 36.4 Å². The van der Waals surface area contributed by atoms with Crippen LogP contribution in [0.25, 0.3) is 0 Å². The summed E-state index contributed by atoms with van der Waals surface area (Å²) in [7, 11) is 2.00. The van der Waals surface area contributed by atoms with Gasteiger partial charge in [-0.05, 0) is 51.4 Å². The van der Waals surface area contributed by atoms with Gasteiger partial charge >= 0.3 is 0 Å². The first-order chi connectivity index (χ1) is 8.61. The summed E-state index contributed by atoms with van der Waals surface area (Å²) in [6, 6.07) is 8.98. The molecule has 0 fully saturated rings. The van der Waals surface area contributed by atoms with Gasteiger partial charge in [-0.3, -0.25) is 0 Å². The highest BCUT2D eigenvalue weighted by Gasteiger charge is 2.00. The van der Waals surface area contributed by atoms with Gasteiger partial charge in [0.05, 0.1) is 6.61 Å². The van der Waals surface area contributed by atoms with Crippen molar-refractivity contribution in [3.63, 3.8) is 0 Å². The molecule has 0 aliphatic rings. The van der Waals surface area contributed by atoms with Crippen LogP contribution in [-0.2, 0) is 6.42 Å². The molecule has 0 saturated heterocycles. The van der Waals surface area contributed by atoms with Crippen molar-refractivity contribution in [3.05, 3.63) is 42.0 Å². The Bertz CT molecular complexity index is 356. The smallest absolute Gasteiger partial charge is 0.119 e. The second kappa shape index (κ2) is 7.93. The molecule has 2 heteroatoms. The van der Waals surface area contributed by atoms with Crippen LogP contribution >= 0.6 is 0 Å². The second-order valence-corrected chi connectivity index (χ2v) is 4.93. The number of nitrogens with one attached hydrogen (secondary N) is 1. The number of rotatable bonds is 8. The maximum Gasteiger partial charge on any atom is 0.119 e. The van der Waals surface area contributed by atoms with E-state index in [1.807, 2.05) is 14.0 Å². The lowest BCUT2D eigenvalue weighted by atomic mass is 10.1. The van der Waals surface area contributed by atoms with Gasteiger partial charge in [0.15, 0.2) is 0 Å². The topological polar surface area (TPSA) is 21.3 Å². The van der Waals surface area contributed by atoms with Crippen molar-refractivity contribution in [2.24, 2.45) is 0 Å². The molecule has 0 bridgehead atoms. The molecule has 0 saturated carbocycles. The molecule has 0 amide bonds. The fraction of sp³-hybridized carbons (Fsp3) is 0.500. The minimum atomic E-state index is 0.566. The molecular formula is C16H25NO. The fourth-order valence-corrected chi connectivity index (χ4v) is 1.62. The minimum absolute atomic E-state index is 0.566. The molecule has 18 heavy (non-hydrogen) atoms. The maximum absolute atomic E-state index is 5.65. The van der Waals surface area contributed by atoms with Gasteiger partial charge in [-0.1, -0.05) is 17.7 Å². The summed E-state index contributed by atoms with van der Waals surface area (Å²) in [4.78, 5) is 0. The number of benzene rings is 1. The Morgan fingerprint density at radius 3 is 2.56 bits per heavy atom. The van der Waals surface area contributed by atoms with E-state index >= 15 is 0 Å². The van der Waals surface area contributed by atoms with Gasteiger partial charge in [0.25, 0.3) is 0 Å². The lowest BCUT2D eigenvalue weighted by Gasteiger charge is -2.10. The molecular weight excluding hydrogens is 222 g/mol. The average Bonchev–Trinajstić information content (AvgIpc) is 2.37. The zero-order valence-electron chi connectivity index (χ0n) is 11.8. The molecule has 1 atom stereocenters. The van der Waals surface area contributed by atoms with E-state index in [1.165, 1.54) is 5.56 Å². The maximum atomic E-state index is 5.65. The van der Waals surface area contributed by atoms with E-state index < -0.39 is 0 Å². The van der Waals surface area contributed by atoms with Gasteiger partial charge in [-0.2, -0.15) is 0 Å². The van der Waals surface area contributed by atoms with Crippen molar-refractivity contribution in [2.75, 3.05) is 13.7 Å². The molecule has 1 aromatic rings. The quantitative estimate of drug-likeness (QED) is 0.709. The summed E-state index contributed by atoms with van der Waals surface area (Å²) in [5.74, 6) is 0.946. The highest BCUT2D eigenvalue weighted by atomic mass is 16.5. The molecule has 1 N–H and O–H groups in total. The molecule has 0 spiro atoms. The van der Waals surface area contributed by atoms with E-state index in [1.54, 1.807) is 0 Å². The third-order valence-electron chi connectivity index (χ3n) is 3.08. The van der Waals surface area contributed by atoms with E-state index in [0.29, 0.717) is 12.6 Å². The minimum Gasteiger partial charge on any atom is -0.493 e. The fourth-order valence-electron chi connectivity index (χ4n) is 1.62.